The van der Waals surface area contributed by atoms with Crippen molar-refractivity contribution in [1.82, 2.24) is 0 Å². The average molecular weight is 190 g/mol. The van der Waals surface area contributed by atoms with E-state index in [4.69, 9.17) is 0 Å². The highest BCUT2D eigenvalue weighted by atomic mass is 16.1. The fourth-order valence-electron chi connectivity index (χ4n) is 4.42. The van der Waals surface area contributed by atoms with Crippen LogP contribution in [0, 0.1) is 29.6 Å². The van der Waals surface area contributed by atoms with E-state index in [0.29, 0.717) is 0 Å². The molecular formula is C13H18O. The summed E-state index contributed by atoms with van der Waals surface area (Å²) in [4.78, 5) is 10.3. The molecule has 3 aliphatic rings. The van der Waals surface area contributed by atoms with Gasteiger partial charge in [0.1, 0.15) is 6.29 Å². The summed E-state index contributed by atoms with van der Waals surface area (Å²) >= 11 is 0. The normalized spacial score (nSPS) is 50.1. The van der Waals surface area contributed by atoms with Gasteiger partial charge in [-0.2, -0.15) is 0 Å². The first-order chi connectivity index (χ1) is 6.88. The molecule has 0 amide bonds. The molecule has 0 aromatic rings. The summed E-state index contributed by atoms with van der Waals surface area (Å²) in [5, 5.41) is 0. The van der Waals surface area contributed by atoms with Crippen LogP contribution < -0.4 is 0 Å². The number of rotatable bonds is 2. The predicted molar refractivity (Wildman–Crippen MR) is 55.7 cm³/mol. The van der Waals surface area contributed by atoms with Gasteiger partial charge in [0.25, 0.3) is 0 Å². The van der Waals surface area contributed by atoms with Gasteiger partial charge in [-0.15, -0.1) is 0 Å². The van der Waals surface area contributed by atoms with E-state index in [1.165, 1.54) is 32.1 Å². The molecule has 0 heterocycles. The van der Waals surface area contributed by atoms with Gasteiger partial charge < -0.3 is 0 Å². The van der Waals surface area contributed by atoms with Gasteiger partial charge in [0.05, 0.1) is 0 Å². The molecule has 14 heavy (non-hydrogen) atoms. The molecular weight excluding hydrogens is 172 g/mol. The molecule has 0 spiro atoms. The third kappa shape index (κ3) is 1.18. The molecule has 0 N–H and O–H groups in total. The molecule has 1 heteroatoms. The number of allylic oxidation sites excluding steroid dienone is 2. The highest BCUT2D eigenvalue weighted by molar-refractivity contribution is 5.64. The van der Waals surface area contributed by atoms with Crippen LogP contribution in [0.2, 0.25) is 0 Å². The van der Waals surface area contributed by atoms with E-state index in [0.717, 1.165) is 35.9 Å². The molecule has 3 unspecified atom stereocenters. The fourth-order valence-corrected chi connectivity index (χ4v) is 4.42. The topological polar surface area (TPSA) is 17.1 Å². The maximum Gasteiger partial charge on any atom is 0.142 e. The summed E-state index contributed by atoms with van der Waals surface area (Å²) in [6.45, 7) is 0. The van der Waals surface area contributed by atoms with Crippen LogP contribution in [0.25, 0.3) is 0 Å². The lowest BCUT2D eigenvalue weighted by Gasteiger charge is -2.23. The lowest BCUT2D eigenvalue weighted by molar-refractivity contribution is -0.104. The molecule has 2 bridgehead atoms. The van der Waals surface area contributed by atoms with Gasteiger partial charge in [-0.25, -0.2) is 0 Å². The zero-order valence-electron chi connectivity index (χ0n) is 8.56. The first-order valence-corrected chi connectivity index (χ1v) is 6.00. The zero-order chi connectivity index (χ0) is 9.54. The van der Waals surface area contributed by atoms with Crippen molar-refractivity contribution in [2.75, 3.05) is 0 Å². The summed E-state index contributed by atoms with van der Waals surface area (Å²) in [7, 11) is 0. The summed E-state index contributed by atoms with van der Waals surface area (Å²) in [5.41, 5.74) is 0. The second kappa shape index (κ2) is 3.22. The van der Waals surface area contributed by atoms with Crippen molar-refractivity contribution < 1.29 is 4.79 Å². The third-order valence-electron chi connectivity index (χ3n) is 4.89. The number of hydrogen-bond acceptors (Lipinski definition) is 1. The Hall–Kier alpha value is -0.590. The van der Waals surface area contributed by atoms with Crippen LogP contribution in [0.5, 0.6) is 0 Å². The van der Waals surface area contributed by atoms with Gasteiger partial charge in [-0.3, -0.25) is 4.79 Å². The van der Waals surface area contributed by atoms with Crippen molar-refractivity contribution in [3.05, 3.63) is 12.2 Å². The molecule has 3 aliphatic carbocycles. The third-order valence-corrected chi connectivity index (χ3v) is 4.89. The molecule has 0 saturated heterocycles. The minimum absolute atomic E-state index is 0.721. The maximum atomic E-state index is 10.3. The van der Waals surface area contributed by atoms with E-state index in [1.54, 1.807) is 6.08 Å². The number of aldehydes is 1. The smallest absolute Gasteiger partial charge is 0.142 e. The highest BCUT2D eigenvalue weighted by Crippen LogP contribution is 2.60. The van der Waals surface area contributed by atoms with E-state index in [2.05, 4.69) is 6.08 Å². The second-order valence-electron chi connectivity index (χ2n) is 5.41. The minimum atomic E-state index is 0.721. The number of carbonyl (C=O) groups is 1. The van der Waals surface area contributed by atoms with Crippen molar-refractivity contribution in [1.29, 1.82) is 0 Å². The number of hydrogen-bond donors (Lipinski definition) is 0. The quantitative estimate of drug-likeness (QED) is 0.483. The molecule has 76 valence electrons. The van der Waals surface area contributed by atoms with Crippen molar-refractivity contribution in [2.45, 2.75) is 32.1 Å². The first-order valence-electron chi connectivity index (χ1n) is 6.00. The maximum absolute atomic E-state index is 10.3. The molecule has 1 nitrogen and oxygen atoms in total. The molecule has 0 aliphatic heterocycles. The SMILES string of the molecule is O=C/C=C/C1C[C@@H]2C3CCC(C3)[C@@H]2C1. The fraction of sp³-hybridized carbons (Fsp3) is 0.769. The minimum Gasteiger partial charge on any atom is -0.299 e. The van der Waals surface area contributed by atoms with Crippen molar-refractivity contribution in [3.8, 4) is 0 Å². The van der Waals surface area contributed by atoms with Crippen molar-refractivity contribution in [2.24, 2.45) is 29.6 Å². The molecule has 0 aromatic heterocycles. The molecule has 0 aromatic carbocycles. The lowest BCUT2D eigenvalue weighted by Crippen LogP contribution is -2.15. The van der Waals surface area contributed by atoms with Crippen LogP contribution in [0.4, 0.5) is 0 Å². The molecule has 3 fully saturated rings. The first kappa shape index (κ1) is 8.70. The Kier molecular flexibility index (Phi) is 2.00. The van der Waals surface area contributed by atoms with Crippen LogP contribution in [0.1, 0.15) is 32.1 Å². The zero-order valence-corrected chi connectivity index (χ0v) is 8.56. The lowest BCUT2D eigenvalue weighted by atomic mass is 9.82. The van der Waals surface area contributed by atoms with E-state index in [-0.39, 0.29) is 0 Å². The van der Waals surface area contributed by atoms with E-state index in [9.17, 15) is 4.79 Å². The Morgan fingerprint density at radius 2 is 1.57 bits per heavy atom. The van der Waals surface area contributed by atoms with E-state index in [1.807, 2.05) is 0 Å². The van der Waals surface area contributed by atoms with Crippen LogP contribution >= 0.6 is 0 Å². The largest absolute Gasteiger partial charge is 0.299 e. The number of fused-ring (bicyclic) bond motifs is 5. The molecule has 3 saturated carbocycles. The summed E-state index contributed by atoms with van der Waals surface area (Å²) in [6, 6.07) is 0. The van der Waals surface area contributed by atoms with Crippen LogP contribution in [0.3, 0.4) is 0 Å². The summed E-state index contributed by atoms with van der Waals surface area (Å²) in [6.07, 6.45) is 12.0. The Morgan fingerprint density at radius 3 is 2.14 bits per heavy atom. The monoisotopic (exact) mass is 190 g/mol. The second-order valence-corrected chi connectivity index (χ2v) is 5.41. The van der Waals surface area contributed by atoms with Gasteiger partial charge in [0, 0.05) is 0 Å². The molecule has 3 rings (SSSR count). The summed E-state index contributed by atoms with van der Waals surface area (Å²) < 4.78 is 0. The van der Waals surface area contributed by atoms with Gasteiger partial charge in [-0.1, -0.05) is 6.08 Å². The van der Waals surface area contributed by atoms with Crippen LogP contribution in [0.15, 0.2) is 12.2 Å². The van der Waals surface area contributed by atoms with Gasteiger partial charge in [0.15, 0.2) is 0 Å². The van der Waals surface area contributed by atoms with Gasteiger partial charge >= 0.3 is 0 Å². The Balaban J connectivity index is 1.70. The van der Waals surface area contributed by atoms with Crippen LogP contribution in [-0.4, -0.2) is 6.29 Å². The molecule has 5 atom stereocenters. The number of carbonyl (C=O) groups excluding carboxylic acids is 1. The van der Waals surface area contributed by atoms with E-state index < -0.39 is 0 Å². The molecule has 0 radical (unpaired) electrons. The summed E-state index contributed by atoms with van der Waals surface area (Å²) in [5.74, 6) is 4.88. The highest BCUT2D eigenvalue weighted by Gasteiger charge is 2.51. The Labute approximate surface area is 85.6 Å². The van der Waals surface area contributed by atoms with Crippen LogP contribution in [-0.2, 0) is 4.79 Å². The van der Waals surface area contributed by atoms with E-state index >= 15 is 0 Å². The Morgan fingerprint density at radius 1 is 0.929 bits per heavy atom. The average Bonchev–Trinajstić information content (AvgIpc) is 2.85. The Bertz CT molecular complexity index is 250. The van der Waals surface area contributed by atoms with Crippen molar-refractivity contribution >= 4 is 6.29 Å². The predicted octanol–water partition coefficient (Wildman–Crippen LogP) is 2.81. The van der Waals surface area contributed by atoms with Crippen molar-refractivity contribution in [3.63, 3.8) is 0 Å². The van der Waals surface area contributed by atoms with Gasteiger partial charge in [0.2, 0.25) is 0 Å². The standard InChI is InChI=1S/C13H18O/c14-5-1-2-9-6-12-10-3-4-11(8-10)13(12)7-9/h1-2,5,9-13H,3-4,6-8H2/b2-1+/t9?,10?,11?,12-,13+. The van der Waals surface area contributed by atoms with Gasteiger partial charge in [-0.05, 0) is 67.8 Å².